The van der Waals surface area contributed by atoms with Gasteiger partial charge in [0.25, 0.3) is 17.7 Å². The number of benzene rings is 3. The summed E-state index contributed by atoms with van der Waals surface area (Å²) >= 11 is 6.20. The van der Waals surface area contributed by atoms with Crippen LogP contribution >= 0.6 is 11.6 Å². The fourth-order valence-corrected chi connectivity index (χ4v) is 3.67. The number of hydrogen-bond acceptors (Lipinski definition) is 5. The molecule has 4 rings (SSSR count). The molecule has 0 saturated carbocycles. The topological polar surface area (TPSA) is 87.7 Å². The summed E-state index contributed by atoms with van der Waals surface area (Å²) in [6.45, 7) is 2.02. The van der Waals surface area contributed by atoms with Gasteiger partial charge in [-0.3, -0.25) is 14.4 Å². The first kappa shape index (κ1) is 23.1. The van der Waals surface area contributed by atoms with E-state index in [9.17, 15) is 14.4 Å². The molecule has 34 heavy (non-hydrogen) atoms. The van der Waals surface area contributed by atoms with Crippen LogP contribution in [0.1, 0.15) is 22.8 Å². The lowest BCUT2D eigenvalue weighted by Crippen LogP contribution is -2.32. The average molecular weight is 476 g/mol. The maximum Gasteiger partial charge on any atom is 0.283 e. The molecule has 8 heteroatoms. The highest BCUT2D eigenvalue weighted by Gasteiger charge is 2.38. The van der Waals surface area contributed by atoms with Crippen molar-refractivity contribution < 1.29 is 19.1 Å². The highest BCUT2D eigenvalue weighted by Crippen LogP contribution is 2.30. The number of rotatable bonds is 7. The number of aryl methyl sites for hydroxylation is 1. The van der Waals surface area contributed by atoms with Crippen LogP contribution in [0.15, 0.2) is 83.5 Å². The van der Waals surface area contributed by atoms with E-state index in [4.69, 9.17) is 16.3 Å². The summed E-state index contributed by atoms with van der Waals surface area (Å²) in [6, 6.07) is 20.6. The van der Waals surface area contributed by atoms with E-state index in [1.54, 1.807) is 67.8 Å². The minimum Gasteiger partial charge on any atom is -0.497 e. The molecule has 0 spiro atoms. The van der Waals surface area contributed by atoms with Gasteiger partial charge in [-0.15, -0.1) is 0 Å². The van der Waals surface area contributed by atoms with Crippen LogP contribution in [0.4, 0.5) is 17.1 Å². The van der Waals surface area contributed by atoms with E-state index in [2.05, 4.69) is 10.6 Å². The van der Waals surface area contributed by atoms with Gasteiger partial charge in [0.15, 0.2) is 0 Å². The second-order valence-electron chi connectivity index (χ2n) is 7.54. The molecular formula is C26H22ClN3O4. The zero-order chi connectivity index (χ0) is 24.2. The van der Waals surface area contributed by atoms with Crippen LogP contribution in [0.3, 0.4) is 0 Å². The van der Waals surface area contributed by atoms with Crippen LogP contribution in [-0.4, -0.2) is 24.8 Å². The molecule has 0 unspecified atom stereocenters. The molecule has 0 saturated heterocycles. The second-order valence-corrected chi connectivity index (χ2v) is 7.92. The summed E-state index contributed by atoms with van der Waals surface area (Å²) < 4.78 is 5.11. The van der Waals surface area contributed by atoms with Crippen molar-refractivity contribution in [2.24, 2.45) is 0 Å². The molecule has 0 bridgehead atoms. The number of hydrogen-bond donors (Lipinski definition) is 2. The van der Waals surface area contributed by atoms with Gasteiger partial charge in [-0.1, -0.05) is 30.7 Å². The van der Waals surface area contributed by atoms with Crippen LogP contribution in [0.5, 0.6) is 5.75 Å². The number of nitrogens with one attached hydrogen (secondary N) is 2. The molecule has 0 aliphatic carbocycles. The van der Waals surface area contributed by atoms with Crippen LogP contribution in [0, 0.1) is 0 Å². The van der Waals surface area contributed by atoms with Crippen molar-refractivity contribution >= 4 is 46.4 Å². The lowest BCUT2D eigenvalue weighted by molar-refractivity contribution is -0.120. The first-order chi connectivity index (χ1) is 16.4. The molecule has 0 atom stereocenters. The number of nitrogens with zero attached hydrogens (tertiary/aromatic N) is 1. The number of carbonyl (C=O) groups excluding carboxylic acids is 3. The normalized spacial score (nSPS) is 13.3. The van der Waals surface area contributed by atoms with Crippen molar-refractivity contribution in [3.63, 3.8) is 0 Å². The van der Waals surface area contributed by atoms with Gasteiger partial charge >= 0.3 is 0 Å². The Morgan fingerprint density at radius 3 is 2.09 bits per heavy atom. The van der Waals surface area contributed by atoms with Crippen LogP contribution in [0.2, 0.25) is 0 Å². The average Bonchev–Trinajstić information content (AvgIpc) is 3.08. The molecule has 0 radical (unpaired) electrons. The van der Waals surface area contributed by atoms with E-state index < -0.39 is 11.8 Å². The lowest BCUT2D eigenvalue weighted by atomic mass is 10.1. The molecule has 7 nitrogen and oxygen atoms in total. The number of halogens is 1. The molecule has 172 valence electrons. The Kier molecular flexibility index (Phi) is 6.65. The third-order valence-corrected chi connectivity index (χ3v) is 5.75. The predicted octanol–water partition coefficient (Wildman–Crippen LogP) is 4.95. The minimum atomic E-state index is -0.589. The quantitative estimate of drug-likeness (QED) is 0.472. The Balaban J connectivity index is 1.45. The standard InChI is InChI=1S/C26H22ClN3O4/c1-3-16-4-12-20(13-5-16)30-25(32)22(27)23(26(30)33)28-18-8-6-17(7-9-18)24(31)29-19-10-14-21(34-2)15-11-19/h4-15,28H,3H2,1-2H3,(H,29,31). The van der Waals surface area contributed by atoms with Gasteiger partial charge in [-0.05, 0) is 72.6 Å². The number of methoxy groups -OCH3 is 1. The number of carbonyl (C=O) groups is 3. The molecule has 0 aromatic heterocycles. The monoisotopic (exact) mass is 475 g/mol. The van der Waals surface area contributed by atoms with E-state index in [1.165, 1.54) is 0 Å². The van der Waals surface area contributed by atoms with Crippen molar-refractivity contribution in [2.45, 2.75) is 13.3 Å². The van der Waals surface area contributed by atoms with Crippen molar-refractivity contribution in [3.05, 3.63) is 94.7 Å². The van der Waals surface area contributed by atoms with E-state index >= 15 is 0 Å². The van der Waals surface area contributed by atoms with Gasteiger partial charge in [-0.2, -0.15) is 0 Å². The molecule has 1 aliphatic heterocycles. The number of ether oxygens (including phenoxy) is 1. The molecule has 3 aromatic carbocycles. The number of anilines is 3. The number of imide groups is 1. The van der Waals surface area contributed by atoms with Gasteiger partial charge in [0, 0.05) is 16.9 Å². The van der Waals surface area contributed by atoms with Gasteiger partial charge in [0.05, 0.1) is 12.8 Å². The Labute approximate surface area is 202 Å². The Hall–Kier alpha value is -4.10. The fraction of sp³-hybridized carbons (Fsp3) is 0.115. The molecule has 0 fully saturated rings. The van der Waals surface area contributed by atoms with Gasteiger partial charge in [0.1, 0.15) is 16.5 Å². The Morgan fingerprint density at radius 1 is 0.882 bits per heavy atom. The zero-order valence-corrected chi connectivity index (χ0v) is 19.3. The van der Waals surface area contributed by atoms with Crippen LogP contribution in [0.25, 0.3) is 0 Å². The zero-order valence-electron chi connectivity index (χ0n) is 18.6. The second kappa shape index (κ2) is 9.80. The third kappa shape index (κ3) is 4.65. The summed E-state index contributed by atoms with van der Waals surface area (Å²) in [5.41, 5.74) is 3.10. The van der Waals surface area contributed by atoms with Crippen molar-refractivity contribution in [3.8, 4) is 5.75 Å². The molecule has 3 aromatic rings. The molecule has 1 heterocycles. The maximum absolute atomic E-state index is 12.9. The van der Waals surface area contributed by atoms with Gasteiger partial charge < -0.3 is 15.4 Å². The fourth-order valence-electron chi connectivity index (χ4n) is 3.45. The van der Waals surface area contributed by atoms with Crippen LogP contribution in [-0.2, 0) is 16.0 Å². The van der Waals surface area contributed by atoms with E-state index in [0.717, 1.165) is 16.9 Å². The SMILES string of the molecule is CCc1ccc(N2C(=O)C(Cl)=C(Nc3ccc(C(=O)Nc4ccc(OC)cc4)cc3)C2=O)cc1. The van der Waals surface area contributed by atoms with Gasteiger partial charge in [0.2, 0.25) is 0 Å². The summed E-state index contributed by atoms with van der Waals surface area (Å²) in [7, 11) is 1.57. The molecular weight excluding hydrogens is 454 g/mol. The van der Waals surface area contributed by atoms with Crippen molar-refractivity contribution in [1.29, 1.82) is 0 Å². The summed E-state index contributed by atoms with van der Waals surface area (Å²) in [4.78, 5) is 39.1. The summed E-state index contributed by atoms with van der Waals surface area (Å²) in [6.07, 6.45) is 0.849. The lowest BCUT2D eigenvalue weighted by Gasteiger charge is -2.15. The Morgan fingerprint density at radius 2 is 1.50 bits per heavy atom. The first-order valence-corrected chi connectivity index (χ1v) is 11.0. The predicted molar refractivity (Wildman–Crippen MR) is 132 cm³/mol. The summed E-state index contributed by atoms with van der Waals surface area (Å²) in [5.74, 6) is -0.727. The Bertz CT molecular complexity index is 1270. The van der Waals surface area contributed by atoms with Crippen LogP contribution < -0.4 is 20.3 Å². The highest BCUT2D eigenvalue weighted by molar-refractivity contribution is 6.53. The van der Waals surface area contributed by atoms with E-state index in [0.29, 0.717) is 28.4 Å². The van der Waals surface area contributed by atoms with Crippen molar-refractivity contribution in [2.75, 3.05) is 22.6 Å². The maximum atomic E-state index is 12.9. The summed E-state index contributed by atoms with van der Waals surface area (Å²) in [5, 5.41) is 5.53. The first-order valence-electron chi connectivity index (χ1n) is 10.6. The van der Waals surface area contributed by atoms with E-state index in [1.807, 2.05) is 19.1 Å². The van der Waals surface area contributed by atoms with Crippen molar-refractivity contribution in [1.82, 2.24) is 0 Å². The smallest absolute Gasteiger partial charge is 0.283 e. The third-order valence-electron chi connectivity index (χ3n) is 5.39. The largest absolute Gasteiger partial charge is 0.497 e. The minimum absolute atomic E-state index is 0.0123. The number of amides is 3. The molecule has 2 N–H and O–H groups in total. The molecule has 3 amide bonds. The van der Waals surface area contributed by atoms with Gasteiger partial charge in [-0.25, -0.2) is 4.90 Å². The highest BCUT2D eigenvalue weighted by atomic mass is 35.5. The van der Waals surface area contributed by atoms with E-state index in [-0.39, 0.29) is 16.6 Å². The molecule has 1 aliphatic rings.